The molecule has 102 valence electrons. The van der Waals surface area contributed by atoms with E-state index < -0.39 is 0 Å². The summed E-state index contributed by atoms with van der Waals surface area (Å²) in [6.07, 6.45) is 6.57. The van der Waals surface area contributed by atoms with E-state index in [1.54, 1.807) is 0 Å². The first-order valence-corrected chi connectivity index (χ1v) is 7.53. The predicted octanol–water partition coefficient (Wildman–Crippen LogP) is 1.27. The Hall–Kier alpha value is -0.770. The van der Waals surface area contributed by atoms with Gasteiger partial charge in [-0.1, -0.05) is 6.92 Å². The van der Waals surface area contributed by atoms with Crippen LogP contribution in [0.4, 0.5) is 0 Å². The molecular formula is C14H26N4. The second-order valence-electron chi connectivity index (χ2n) is 6.24. The molecular weight excluding hydrogens is 224 g/mol. The fourth-order valence-electron chi connectivity index (χ4n) is 3.47. The van der Waals surface area contributed by atoms with Crippen molar-refractivity contribution in [3.63, 3.8) is 0 Å². The first kappa shape index (κ1) is 12.3. The van der Waals surface area contributed by atoms with Gasteiger partial charge in [0.2, 0.25) is 0 Å². The molecule has 18 heavy (non-hydrogen) atoms. The van der Waals surface area contributed by atoms with Gasteiger partial charge in [-0.15, -0.1) is 0 Å². The lowest BCUT2D eigenvalue weighted by molar-refractivity contribution is 0.167. The second kappa shape index (κ2) is 4.72. The van der Waals surface area contributed by atoms with Crippen molar-refractivity contribution in [1.82, 2.24) is 9.80 Å². The third-order valence-corrected chi connectivity index (χ3v) is 4.98. The minimum Gasteiger partial charge on any atom is -0.370 e. The number of hydrogen-bond acceptors (Lipinski definition) is 4. The standard InChI is InChI=1S/C14H26N4/c1-2-17-8-3-6-14(7-9-17)11-16-13(15)18(14)10-12-4-5-12/h12H,2-11H2,1H3,(H2,15,16). The Morgan fingerprint density at radius 2 is 2.17 bits per heavy atom. The summed E-state index contributed by atoms with van der Waals surface area (Å²) in [7, 11) is 0. The maximum Gasteiger partial charge on any atom is 0.191 e. The van der Waals surface area contributed by atoms with Gasteiger partial charge in [-0.25, -0.2) is 0 Å². The van der Waals surface area contributed by atoms with E-state index in [1.165, 1.54) is 51.7 Å². The summed E-state index contributed by atoms with van der Waals surface area (Å²) >= 11 is 0. The lowest BCUT2D eigenvalue weighted by Crippen LogP contribution is -2.52. The van der Waals surface area contributed by atoms with Crippen molar-refractivity contribution >= 4 is 5.96 Å². The van der Waals surface area contributed by atoms with Gasteiger partial charge in [0.05, 0.1) is 12.1 Å². The van der Waals surface area contributed by atoms with Gasteiger partial charge >= 0.3 is 0 Å². The lowest BCUT2D eigenvalue weighted by Gasteiger charge is -2.39. The van der Waals surface area contributed by atoms with Crippen LogP contribution in [0.1, 0.15) is 39.0 Å². The van der Waals surface area contributed by atoms with Crippen LogP contribution >= 0.6 is 0 Å². The largest absolute Gasteiger partial charge is 0.370 e. The molecule has 1 spiro atoms. The topological polar surface area (TPSA) is 44.9 Å². The van der Waals surface area contributed by atoms with Crippen molar-refractivity contribution < 1.29 is 0 Å². The first-order chi connectivity index (χ1) is 8.73. The monoisotopic (exact) mass is 250 g/mol. The first-order valence-electron chi connectivity index (χ1n) is 7.53. The molecule has 0 bridgehead atoms. The Morgan fingerprint density at radius 1 is 1.33 bits per heavy atom. The van der Waals surface area contributed by atoms with Gasteiger partial charge in [0.25, 0.3) is 0 Å². The Morgan fingerprint density at radius 3 is 2.89 bits per heavy atom. The van der Waals surface area contributed by atoms with Crippen LogP contribution in [0.25, 0.3) is 0 Å². The zero-order chi connectivity index (χ0) is 12.6. The molecule has 1 saturated carbocycles. The van der Waals surface area contributed by atoms with E-state index in [2.05, 4.69) is 21.7 Å². The van der Waals surface area contributed by atoms with E-state index in [0.29, 0.717) is 0 Å². The highest BCUT2D eigenvalue weighted by atomic mass is 15.4. The zero-order valence-electron chi connectivity index (χ0n) is 11.6. The molecule has 0 aromatic rings. The van der Waals surface area contributed by atoms with E-state index in [-0.39, 0.29) is 5.54 Å². The maximum atomic E-state index is 6.14. The van der Waals surface area contributed by atoms with Crippen LogP contribution in [0.3, 0.4) is 0 Å². The number of nitrogens with zero attached hydrogens (tertiary/aromatic N) is 3. The van der Waals surface area contributed by atoms with Crippen LogP contribution in [-0.2, 0) is 0 Å². The summed E-state index contributed by atoms with van der Waals surface area (Å²) in [6, 6.07) is 0. The van der Waals surface area contributed by atoms with Gasteiger partial charge < -0.3 is 15.5 Å². The molecule has 4 nitrogen and oxygen atoms in total. The van der Waals surface area contributed by atoms with Crippen molar-refractivity contribution in [2.75, 3.05) is 32.7 Å². The fraction of sp³-hybridized carbons (Fsp3) is 0.929. The highest BCUT2D eigenvalue weighted by Gasteiger charge is 2.44. The quantitative estimate of drug-likeness (QED) is 0.820. The number of hydrogen-bond donors (Lipinski definition) is 1. The molecule has 1 aliphatic carbocycles. The molecule has 1 atom stereocenters. The van der Waals surface area contributed by atoms with Gasteiger partial charge in [-0.05, 0) is 51.1 Å². The molecule has 3 aliphatic rings. The van der Waals surface area contributed by atoms with E-state index in [9.17, 15) is 0 Å². The van der Waals surface area contributed by atoms with Crippen LogP contribution in [0, 0.1) is 5.92 Å². The molecule has 2 fully saturated rings. The SMILES string of the molecule is CCN1CCCC2(CC1)CN=C(N)N2CC1CC1. The minimum absolute atomic E-state index is 0.261. The molecule has 0 amide bonds. The van der Waals surface area contributed by atoms with Crippen molar-refractivity contribution in [1.29, 1.82) is 0 Å². The summed E-state index contributed by atoms with van der Waals surface area (Å²) in [5, 5.41) is 0. The number of likely N-dealkylation sites (tertiary alicyclic amines) is 1. The average Bonchev–Trinajstić information content (AvgIpc) is 3.16. The van der Waals surface area contributed by atoms with E-state index in [1.807, 2.05) is 0 Å². The van der Waals surface area contributed by atoms with Gasteiger partial charge in [-0.3, -0.25) is 4.99 Å². The number of rotatable bonds is 3. The highest BCUT2D eigenvalue weighted by Crippen LogP contribution is 2.38. The van der Waals surface area contributed by atoms with Crippen LogP contribution in [-0.4, -0.2) is 54.0 Å². The second-order valence-corrected chi connectivity index (χ2v) is 6.24. The summed E-state index contributed by atoms with van der Waals surface area (Å²) < 4.78 is 0. The Labute approximate surface area is 110 Å². The molecule has 1 unspecified atom stereocenters. The minimum atomic E-state index is 0.261. The summed E-state index contributed by atoms with van der Waals surface area (Å²) in [5.74, 6) is 1.70. The van der Waals surface area contributed by atoms with E-state index >= 15 is 0 Å². The van der Waals surface area contributed by atoms with Crippen molar-refractivity contribution in [3.05, 3.63) is 0 Å². The predicted molar refractivity (Wildman–Crippen MR) is 74.6 cm³/mol. The summed E-state index contributed by atoms with van der Waals surface area (Å²) in [6.45, 7) is 7.98. The van der Waals surface area contributed by atoms with Crippen LogP contribution < -0.4 is 5.73 Å². The van der Waals surface area contributed by atoms with E-state index in [0.717, 1.165) is 25.0 Å². The lowest BCUT2D eigenvalue weighted by atomic mass is 9.89. The molecule has 3 rings (SSSR count). The van der Waals surface area contributed by atoms with Gasteiger partial charge in [0.1, 0.15) is 0 Å². The molecule has 4 heteroatoms. The third-order valence-electron chi connectivity index (χ3n) is 4.98. The molecule has 0 aromatic carbocycles. The average molecular weight is 250 g/mol. The fourth-order valence-corrected chi connectivity index (χ4v) is 3.47. The van der Waals surface area contributed by atoms with Gasteiger partial charge in [-0.2, -0.15) is 0 Å². The smallest absolute Gasteiger partial charge is 0.191 e. The molecule has 2 aliphatic heterocycles. The molecule has 2 heterocycles. The summed E-state index contributed by atoms with van der Waals surface area (Å²) in [5.41, 5.74) is 6.40. The van der Waals surface area contributed by atoms with Crippen LogP contribution in [0.15, 0.2) is 4.99 Å². The maximum absolute atomic E-state index is 6.14. The molecule has 1 saturated heterocycles. The van der Waals surface area contributed by atoms with Crippen LogP contribution in [0.2, 0.25) is 0 Å². The van der Waals surface area contributed by atoms with Crippen molar-refractivity contribution in [2.45, 2.75) is 44.6 Å². The molecule has 0 radical (unpaired) electrons. The van der Waals surface area contributed by atoms with Gasteiger partial charge in [0, 0.05) is 13.1 Å². The number of nitrogens with two attached hydrogens (primary N) is 1. The third kappa shape index (κ3) is 2.22. The molecule has 0 aromatic heterocycles. The Balaban J connectivity index is 1.71. The number of guanidine groups is 1. The molecule has 2 N–H and O–H groups in total. The van der Waals surface area contributed by atoms with Crippen LogP contribution in [0.5, 0.6) is 0 Å². The Bertz CT molecular complexity index is 337. The van der Waals surface area contributed by atoms with E-state index in [4.69, 9.17) is 5.73 Å². The summed E-state index contributed by atoms with van der Waals surface area (Å²) in [4.78, 5) is 9.60. The highest BCUT2D eigenvalue weighted by molar-refractivity contribution is 5.81. The zero-order valence-corrected chi connectivity index (χ0v) is 11.6. The van der Waals surface area contributed by atoms with Crippen molar-refractivity contribution in [3.8, 4) is 0 Å². The Kier molecular flexibility index (Phi) is 3.22. The normalized spacial score (nSPS) is 33.8. The van der Waals surface area contributed by atoms with Gasteiger partial charge in [0.15, 0.2) is 5.96 Å². The number of aliphatic imine (C=N–C) groups is 1. The van der Waals surface area contributed by atoms with Crippen molar-refractivity contribution in [2.24, 2.45) is 16.6 Å².